The molecule has 0 radical (unpaired) electrons. The summed E-state index contributed by atoms with van der Waals surface area (Å²) in [5, 5.41) is 8.49. The lowest BCUT2D eigenvalue weighted by molar-refractivity contribution is -0.137. The lowest BCUT2D eigenvalue weighted by Crippen LogP contribution is -2.14. The van der Waals surface area contributed by atoms with Gasteiger partial charge >= 0.3 is 5.97 Å². The minimum absolute atomic E-state index is 0.164. The van der Waals surface area contributed by atoms with E-state index in [9.17, 15) is 4.79 Å². The molecule has 0 unspecified atom stereocenters. The average molecular weight is 310 g/mol. The summed E-state index contributed by atoms with van der Waals surface area (Å²) in [6.45, 7) is 0. The molecule has 6 nitrogen and oxygen atoms in total. The van der Waals surface area contributed by atoms with Crippen molar-refractivity contribution in [2.45, 2.75) is 15.8 Å². The van der Waals surface area contributed by atoms with E-state index in [-0.39, 0.29) is 11.7 Å². The Morgan fingerprint density at radius 2 is 2.05 bits per heavy atom. The predicted molar refractivity (Wildman–Crippen MR) is 78.9 cm³/mol. The molecule has 0 saturated carbocycles. The predicted octanol–water partition coefficient (Wildman–Crippen LogP) is 1.55. The molecule has 0 aliphatic carbocycles. The topological polar surface area (TPSA) is 83.0 Å². The van der Waals surface area contributed by atoms with Crippen LogP contribution in [0.5, 0.6) is 0 Å². The number of nitrogens with two attached hydrogens (primary N) is 1. The number of hydrogen-bond donors (Lipinski definition) is 1. The van der Waals surface area contributed by atoms with Gasteiger partial charge in [-0.05, 0) is 12.1 Å². The Morgan fingerprint density at radius 3 is 2.75 bits per heavy atom. The maximum Gasteiger partial charge on any atom is 0.316 e. The van der Waals surface area contributed by atoms with Crippen molar-refractivity contribution in [1.82, 2.24) is 14.9 Å². The van der Waals surface area contributed by atoms with Crippen molar-refractivity contribution in [1.29, 1.82) is 0 Å². The number of benzene rings is 1. The Kier molecular flexibility index (Phi) is 5.31. The fourth-order valence-electron chi connectivity index (χ4n) is 1.35. The van der Waals surface area contributed by atoms with Gasteiger partial charge in [0.15, 0.2) is 5.82 Å². The lowest BCUT2D eigenvalue weighted by atomic mass is 10.4. The molecule has 1 heterocycles. The van der Waals surface area contributed by atoms with Gasteiger partial charge < -0.3 is 10.6 Å². The highest BCUT2D eigenvalue weighted by Gasteiger charge is 2.12. The summed E-state index contributed by atoms with van der Waals surface area (Å²) in [6, 6.07) is 9.97. The van der Waals surface area contributed by atoms with Crippen molar-refractivity contribution < 1.29 is 9.53 Å². The number of thioether (sulfide) groups is 2. The largest absolute Gasteiger partial charge is 0.468 e. The van der Waals surface area contributed by atoms with Crippen LogP contribution in [0.25, 0.3) is 0 Å². The van der Waals surface area contributed by atoms with Crippen LogP contribution in [0.15, 0.2) is 40.4 Å². The number of hydrogen-bond acceptors (Lipinski definition) is 7. The van der Waals surface area contributed by atoms with E-state index in [1.54, 1.807) is 11.8 Å². The van der Waals surface area contributed by atoms with Gasteiger partial charge in [0.2, 0.25) is 5.16 Å². The summed E-state index contributed by atoms with van der Waals surface area (Å²) >= 11 is 2.83. The standard InChI is InChI=1S/C12H14N4O2S2/c1-18-11(17)8-20-12-15-14-10(16(12)13)7-19-9-5-3-2-4-6-9/h2-6H,7-8,13H2,1H3. The van der Waals surface area contributed by atoms with Crippen LogP contribution in [0.2, 0.25) is 0 Å². The molecule has 2 rings (SSSR count). The van der Waals surface area contributed by atoms with E-state index in [0.717, 1.165) is 4.90 Å². The lowest BCUT2D eigenvalue weighted by Gasteiger charge is -2.03. The summed E-state index contributed by atoms with van der Waals surface area (Å²) in [6.07, 6.45) is 0. The van der Waals surface area contributed by atoms with Crippen LogP contribution in [0, 0.1) is 0 Å². The third kappa shape index (κ3) is 3.91. The monoisotopic (exact) mass is 310 g/mol. The smallest absolute Gasteiger partial charge is 0.316 e. The highest BCUT2D eigenvalue weighted by Crippen LogP contribution is 2.22. The molecule has 2 N–H and O–H groups in total. The van der Waals surface area contributed by atoms with Gasteiger partial charge in [0, 0.05) is 4.90 Å². The zero-order valence-electron chi connectivity index (χ0n) is 10.9. The molecule has 8 heteroatoms. The van der Waals surface area contributed by atoms with Crippen molar-refractivity contribution in [3.63, 3.8) is 0 Å². The Labute approximate surface area is 125 Å². The van der Waals surface area contributed by atoms with Gasteiger partial charge in [0.25, 0.3) is 0 Å². The zero-order valence-corrected chi connectivity index (χ0v) is 12.5. The second-order valence-electron chi connectivity index (χ2n) is 3.74. The number of carbonyl (C=O) groups excluding carboxylic acids is 1. The number of methoxy groups -OCH3 is 1. The van der Waals surface area contributed by atoms with Gasteiger partial charge in [0.1, 0.15) is 0 Å². The maximum atomic E-state index is 11.1. The van der Waals surface area contributed by atoms with Crippen LogP contribution < -0.4 is 5.84 Å². The van der Waals surface area contributed by atoms with Crippen LogP contribution in [0.4, 0.5) is 0 Å². The van der Waals surface area contributed by atoms with Gasteiger partial charge in [-0.25, -0.2) is 4.68 Å². The number of carbonyl (C=O) groups is 1. The SMILES string of the molecule is COC(=O)CSc1nnc(CSc2ccccc2)n1N. The Morgan fingerprint density at radius 1 is 1.30 bits per heavy atom. The molecule has 0 atom stereocenters. The third-order valence-electron chi connectivity index (χ3n) is 2.39. The second-order valence-corrected chi connectivity index (χ2v) is 5.73. The first-order valence-corrected chi connectivity index (χ1v) is 7.74. The first-order chi connectivity index (χ1) is 9.70. The van der Waals surface area contributed by atoms with E-state index in [2.05, 4.69) is 14.9 Å². The molecule has 0 aliphatic heterocycles. The highest BCUT2D eigenvalue weighted by atomic mass is 32.2. The Bertz CT molecular complexity index is 574. The van der Waals surface area contributed by atoms with E-state index in [0.29, 0.717) is 16.7 Å². The fourth-order valence-corrected chi connectivity index (χ4v) is 2.90. The van der Waals surface area contributed by atoms with Gasteiger partial charge in [-0.15, -0.1) is 22.0 Å². The highest BCUT2D eigenvalue weighted by molar-refractivity contribution is 7.99. The first-order valence-electron chi connectivity index (χ1n) is 5.77. The van der Waals surface area contributed by atoms with Crippen LogP contribution in [0.1, 0.15) is 5.82 Å². The Hall–Kier alpha value is -1.67. The van der Waals surface area contributed by atoms with Crippen LogP contribution in [-0.2, 0) is 15.3 Å². The number of aromatic nitrogens is 3. The fraction of sp³-hybridized carbons (Fsp3) is 0.250. The number of esters is 1. The molecule has 0 aliphatic rings. The van der Waals surface area contributed by atoms with Gasteiger partial charge in [-0.2, -0.15) is 0 Å². The summed E-state index contributed by atoms with van der Waals surface area (Å²) in [5.41, 5.74) is 0. The van der Waals surface area contributed by atoms with Gasteiger partial charge in [-0.1, -0.05) is 30.0 Å². The molecule has 2 aromatic rings. The van der Waals surface area contributed by atoms with E-state index < -0.39 is 0 Å². The van der Waals surface area contributed by atoms with Crippen molar-refractivity contribution >= 4 is 29.5 Å². The average Bonchev–Trinajstić information content (AvgIpc) is 2.84. The second kappa shape index (κ2) is 7.20. The molecule has 1 aromatic carbocycles. The summed E-state index contributed by atoms with van der Waals surface area (Å²) in [4.78, 5) is 12.2. The summed E-state index contributed by atoms with van der Waals surface area (Å²) in [7, 11) is 1.35. The summed E-state index contributed by atoms with van der Waals surface area (Å²) in [5.74, 6) is 7.02. The Balaban J connectivity index is 1.93. The van der Waals surface area contributed by atoms with Gasteiger partial charge in [-0.3, -0.25) is 4.79 Å². The van der Waals surface area contributed by atoms with Crippen molar-refractivity contribution in [2.24, 2.45) is 0 Å². The molecule has 0 fully saturated rings. The molecule has 0 bridgehead atoms. The van der Waals surface area contributed by atoms with Crippen LogP contribution in [-0.4, -0.2) is 33.7 Å². The normalized spacial score (nSPS) is 10.4. The molecule has 0 spiro atoms. The number of ether oxygens (including phenoxy) is 1. The quantitative estimate of drug-likeness (QED) is 0.492. The number of rotatable bonds is 6. The third-order valence-corrected chi connectivity index (χ3v) is 4.32. The molecule has 1 aromatic heterocycles. The van der Waals surface area contributed by atoms with E-state index >= 15 is 0 Å². The molecular weight excluding hydrogens is 296 g/mol. The summed E-state index contributed by atoms with van der Waals surface area (Å²) < 4.78 is 5.97. The molecular formula is C12H14N4O2S2. The minimum atomic E-state index is -0.321. The molecule has 0 amide bonds. The zero-order chi connectivity index (χ0) is 14.4. The van der Waals surface area contributed by atoms with E-state index in [1.807, 2.05) is 30.3 Å². The van der Waals surface area contributed by atoms with Crippen LogP contribution in [0.3, 0.4) is 0 Å². The molecule has 20 heavy (non-hydrogen) atoms. The number of nitrogen functional groups attached to an aromatic ring is 1. The van der Waals surface area contributed by atoms with Crippen molar-refractivity contribution in [3.05, 3.63) is 36.2 Å². The van der Waals surface area contributed by atoms with E-state index in [1.165, 1.54) is 23.5 Å². The molecule has 0 saturated heterocycles. The number of nitrogens with zero attached hydrogens (tertiary/aromatic N) is 3. The van der Waals surface area contributed by atoms with Gasteiger partial charge in [0.05, 0.1) is 18.6 Å². The van der Waals surface area contributed by atoms with Crippen molar-refractivity contribution in [3.8, 4) is 0 Å². The van der Waals surface area contributed by atoms with Crippen molar-refractivity contribution in [2.75, 3.05) is 18.7 Å². The maximum absolute atomic E-state index is 11.1. The van der Waals surface area contributed by atoms with Crippen LogP contribution >= 0.6 is 23.5 Å². The minimum Gasteiger partial charge on any atom is -0.468 e. The molecule has 106 valence electrons. The first kappa shape index (κ1) is 14.7. The van der Waals surface area contributed by atoms with E-state index in [4.69, 9.17) is 5.84 Å².